The number of fused-ring (bicyclic) bond motifs is 1. The molecule has 29 heavy (non-hydrogen) atoms. The van der Waals surface area contributed by atoms with Gasteiger partial charge in [-0.2, -0.15) is 5.10 Å². The van der Waals surface area contributed by atoms with Gasteiger partial charge in [0.2, 0.25) is 5.91 Å². The number of methoxy groups -OCH3 is 1. The second-order valence-corrected chi connectivity index (χ2v) is 7.38. The first-order valence-electron chi connectivity index (χ1n) is 9.11. The smallest absolute Gasteiger partial charge is 0.246 e. The summed E-state index contributed by atoms with van der Waals surface area (Å²) in [5, 5.41) is 8.96. The SMILES string of the molecule is COc1ccc2cc(/C=N\NC(=O)Cc3nc(-c4ccccc4)cs3)ccc2c1. The molecule has 0 aliphatic carbocycles. The van der Waals surface area contributed by atoms with E-state index < -0.39 is 0 Å². The van der Waals surface area contributed by atoms with Crippen LogP contribution in [0.1, 0.15) is 10.6 Å². The number of carbonyl (C=O) groups excluding carboxylic acids is 1. The van der Waals surface area contributed by atoms with Gasteiger partial charge in [-0.1, -0.05) is 48.5 Å². The normalized spacial score (nSPS) is 11.1. The van der Waals surface area contributed by atoms with Crippen LogP contribution in [0.2, 0.25) is 0 Å². The molecule has 0 unspecified atom stereocenters. The lowest BCUT2D eigenvalue weighted by molar-refractivity contribution is -0.120. The molecule has 1 N–H and O–H groups in total. The fourth-order valence-electron chi connectivity index (χ4n) is 2.94. The predicted octanol–water partition coefficient (Wildman–Crippen LogP) is 4.66. The molecule has 0 bridgehead atoms. The second-order valence-electron chi connectivity index (χ2n) is 6.43. The standard InChI is InChI=1S/C23H19N3O2S/c1-28-20-10-9-18-11-16(7-8-19(18)12-20)14-24-26-22(27)13-23-25-21(15-29-23)17-5-3-2-4-6-17/h2-12,14-15H,13H2,1H3,(H,26,27)/b24-14-. The topological polar surface area (TPSA) is 63.6 Å². The zero-order chi connectivity index (χ0) is 20.1. The number of hydrogen-bond acceptors (Lipinski definition) is 5. The Bertz CT molecular complexity index is 1170. The number of carbonyl (C=O) groups is 1. The number of thiazole rings is 1. The van der Waals surface area contributed by atoms with Gasteiger partial charge in [-0.05, 0) is 34.5 Å². The van der Waals surface area contributed by atoms with Gasteiger partial charge >= 0.3 is 0 Å². The van der Waals surface area contributed by atoms with E-state index in [1.165, 1.54) is 11.3 Å². The van der Waals surface area contributed by atoms with Gasteiger partial charge in [-0.25, -0.2) is 10.4 Å². The number of nitrogens with one attached hydrogen (secondary N) is 1. The third kappa shape index (κ3) is 4.67. The van der Waals surface area contributed by atoms with Crippen LogP contribution in [0.3, 0.4) is 0 Å². The van der Waals surface area contributed by atoms with Crippen LogP contribution in [-0.2, 0) is 11.2 Å². The van der Waals surface area contributed by atoms with Crippen molar-refractivity contribution in [1.29, 1.82) is 0 Å². The highest BCUT2D eigenvalue weighted by Crippen LogP contribution is 2.22. The zero-order valence-corrected chi connectivity index (χ0v) is 16.6. The average molecular weight is 401 g/mol. The Hall–Kier alpha value is -3.51. The first kappa shape index (κ1) is 18.8. The maximum absolute atomic E-state index is 12.2. The third-order valence-corrected chi connectivity index (χ3v) is 5.26. The van der Waals surface area contributed by atoms with Crippen LogP contribution in [0.15, 0.2) is 77.2 Å². The molecule has 0 radical (unpaired) electrons. The largest absolute Gasteiger partial charge is 0.497 e. The molecule has 4 aromatic rings. The predicted molar refractivity (Wildman–Crippen MR) is 117 cm³/mol. The number of benzene rings is 3. The van der Waals surface area contributed by atoms with E-state index in [-0.39, 0.29) is 12.3 Å². The first-order chi connectivity index (χ1) is 14.2. The van der Waals surface area contributed by atoms with Crippen molar-refractivity contribution < 1.29 is 9.53 Å². The van der Waals surface area contributed by atoms with Gasteiger partial charge in [0.05, 0.1) is 25.4 Å². The van der Waals surface area contributed by atoms with Crippen LogP contribution in [-0.4, -0.2) is 24.2 Å². The van der Waals surface area contributed by atoms with Gasteiger partial charge in [-0.3, -0.25) is 4.79 Å². The minimum Gasteiger partial charge on any atom is -0.497 e. The van der Waals surface area contributed by atoms with Crippen LogP contribution in [0, 0.1) is 0 Å². The van der Waals surface area contributed by atoms with E-state index in [9.17, 15) is 4.79 Å². The van der Waals surface area contributed by atoms with Gasteiger partial charge in [0.15, 0.2) is 0 Å². The maximum Gasteiger partial charge on any atom is 0.246 e. The number of hydrazone groups is 1. The molecule has 0 spiro atoms. The van der Waals surface area contributed by atoms with Crippen LogP contribution < -0.4 is 10.2 Å². The number of amides is 1. The molecule has 0 saturated carbocycles. The third-order valence-electron chi connectivity index (χ3n) is 4.41. The van der Waals surface area contributed by atoms with Crippen molar-refractivity contribution in [3.63, 3.8) is 0 Å². The van der Waals surface area contributed by atoms with E-state index in [4.69, 9.17) is 4.74 Å². The fraction of sp³-hybridized carbons (Fsp3) is 0.0870. The lowest BCUT2D eigenvalue weighted by Crippen LogP contribution is -2.19. The summed E-state index contributed by atoms with van der Waals surface area (Å²) in [5.41, 5.74) is 5.41. The number of aromatic nitrogens is 1. The summed E-state index contributed by atoms with van der Waals surface area (Å²) in [7, 11) is 1.65. The summed E-state index contributed by atoms with van der Waals surface area (Å²) in [6.07, 6.45) is 1.84. The van der Waals surface area contributed by atoms with Gasteiger partial charge in [-0.15, -0.1) is 11.3 Å². The summed E-state index contributed by atoms with van der Waals surface area (Å²) >= 11 is 1.47. The summed E-state index contributed by atoms with van der Waals surface area (Å²) in [4.78, 5) is 16.7. The molecule has 5 nitrogen and oxygen atoms in total. The zero-order valence-electron chi connectivity index (χ0n) is 15.8. The molecule has 1 aromatic heterocycles. The van der Waals surface area contributed by atoms with Crippen molar-refractivity contribution in [3.05, 3.63) is 82.7 Å². The summed E-state index contributed by atoms with van der Waals surface area (Å²) in [6, 6.07) is 21.8. The Morgan fingerprint density at radius 3 is 2.72 bits per heavy atom. The van der Waals surface area contributed by atoms with Gasteiger partial charge in [0.25, 0.3) is 0 Å². The van der Waals surface area contributed by atoms with Gasteiger partial charge in [0.1, 0.15) is 10.8 Å². The van der Waals surface area contributed by atoms with Crippen molar-refractivity contribution in [2.24, 2.45) is 5.10 Å². The van der Waals surface area contributed by atoms with Crippen molar-refractivity contribution >= 4 is 34.2 Å². The van der Waals surface area contributed by atoms with E-state index in [0.717, 1.165) is 38.4 Å². The molecule has 0 aliphatic heterocycles. The summed E-state index contributed by atoms with van der Waals surface area (Å²) in [5.74, 6) is 0.629. The van der Waals surface area contributed by atoms with Gasteiger partial charge < -0.3 is 4.74 Å². The quantitative estimate of drug-likeness (QED) is 0.377. The molecular formula is C23H19N3O2S. The number of nitrogens with zero attached hydrogens (tertiary/aromatic N) is 2. The lowest BCUT2D eigenvalue weighted by atomic mass is 10.1. The molecular weight excluding hydrogens is 382 g/mol. The van der Waals surface area contributed by atoms with E-state index in [0.29, 0.717) is 0 Å². The highest BCUT2D eigenvalue weighted by Gasteiger charge is 2.08. The molecule has 0 saturated heterocycles. The van der Waals surface area contributed by atoms with Crippen LogP contribution >= 0.6 is 11.3 Å². The number of hydrogen-bond donors (Lipinski definition) is 1. The second kappa shape index (κ2) is 8.67. The Morgan fingerprint density at radius 2 is 1.90 bits per heavy atom. The highest BCUT2D eigenvalue weighted by molar-refractivity contribution is 7.10. The minimum absolute atomic E-state index is 0.194. The van der Waals surface area contributed by atoms with Crippen molar-refractivity contribution in [1.82, 2.24) is 10.4 Å². The fourth-order valence-corrected chi connectivity index (χ4v) is 3.74. The maximum atomic E-state index is 12.2. The Morgan fingerprint density at radius 1 is 1.10 bits per heavy atom. The molecule has 0 atom stereocenters. The van der Waals surface area contributed by atoms with Crippen LogP contribution in [0.25, 0.3) is 22.0 Å². The summed E-state index contributed by atoms with van der Waals surface area (Å²) < 4.78 is 5.24. The minimum atomic E-state index is -0.194. The number of rotatable bonds is 6. The lowest BCUT2D eigenvalue weighted by Gasteiger charge is -2.03. The molecule has 0 fully saturated rings. The van der Waals surface area contributed by atoms with Crippen molar-refractivity contribution in [2.75, 3.05) is 7.11 Å². The first-order valence-corrected chi connectivity index (χ1v) is 9.99. The molecule has 1 heterocycles. The Labute approximate surface area is 172 Å². The monoisotopic (exact) mass is 401 g/mol. The molecule has 6 heteroatoms. The average Bonchev–Trinajstić information content (AvgIpc) is 3.22. The Balaban J connectivity index is 1.36. The number of ether oxygens (including phenoxy) is 1. The molecule has 1 amide bonds. The van der Waals surface area contributed by atoms with Crippen molar-refractivity contribution in [3.8, 4) is 17.0 Å². The van der Waals surface area contributed by atoms with Crippen LogP contribution in [0.5, 0.6) is 5.75 Å². The van der Waals surface area contributed by atoms with Crippen LogP contribution in [0.4, 0.5) is 0 Å². The van der Waals surface area contributed by atoms with E-state index in [1.807, 2.05) is 72.1 Å². The Kier molecular flexibility index (Phi) is 5.63. The molecule has 3 aromatic carbocycles. The van der Waals surface area contributed by atoms with E-state index in [2.05, 4.69) is 15.5 Å². The van der Waals surface area contributed by atoms with E-state index >= 15 is 0 Å². The highest BCUT2D eigenvalue weighted by atomic mass is 32.1. The summed E-state index contributed by atoms with van der Waals surface area (Å²) in [6.45, 7) is 0. The van der Waals surface area contributed by atoms with Gasteiger partial charge in [0, 0.05) is 10.9 Å². The molecule has 144 valence electrons. The molecule has 0 aliphatic rings. The molecule has 4 rings (SSSR count). The van der Waals surface area contributed by atoms with Crippen molar-refractivity contribution in [2.45, 2.75) is 6.42 Å². The van der Waals surface area contributed by atoms with E-state index in [1.54, 1.807) is 13.3 Å².